The fourth-order valence-electron chi connectivity index (χ4n) is 2.61. The Morgan fingerprint density at radius 3 is 2.57 bits per heavy atom. The maximum Gasteiger partial charge on any atom is 0.251 e. The summed E-state index contributed by atoms with van der Waals surface area (Å²) in [5.74, 6) is 1.49. The molecule has 0 radical (unpaired) electrons. The lowest BCUT2D eigenvalue weighted by molar-refractivity contribution is -0.117. The molecule has 1 atom stereocenters. The average Bonchev–Trinajstić information content (AvgIpc) is 3.11. The van der Waals surface area contributed by atoms with E-state index in [2.05, 4.69) is 16.0 Å². The van der Waals surface area contributed by atoms with E-state index >= 15 is 0 Å². The zero-order chi connectivity index (χ0) is 16.1. The fraction of sp³-hybridized carbons (Fsp3) is 0.500. The number of amides is 2. The topological polar surface area (TPSA) is 79.5 Å². The number of ether oxygens (including phenoxy) is 1. The van der Waals surface area contributed by atoms with Crippen molar-refractivity contribution in [1.82, 2.24) is 10.6 Å². The van der Waals surface area contributed by atoms with Crippen molar-refractivity contribution in [2.24, 2.45) is 0 Å². The normalized spacial score (nSPS) is 21.8. The molecule has 0 bridgehead atoms. The second-order valence-corrected chi connectivity index (χ2v) is 6.73. The molecule has 0 aromatic heterocycles. The molecule has 23 heavy (non-hydrogen) atoms. The van der Waals surface area contributed by atoms with Crippen molar-refractivity contribution in [3.8, 4) is 0 Å². The summed E-state index contributed by atoms with van der Waals surface area (Å²) in [5, 5.41) is 9.02. The summed E-state index contributed by atoms with van der Waals surface area (Å²) in [6.07, 6.45) is 1.71. The van der Waals surface area contributed by atoms with Crippen molar-refractivity contribution in [2.75, 3.05) is 30.2 Å². The van der Waals surface area contributed by atoms with Crippen LogP contribution in [0.4, 0.5) is 5.69 Å². The van der Waals surface area contributed by atoms with Crippen LogP contribution in [0.2, 0.25) is 0 Å². The van der Waals surface area contributed by atoms with E-state index in [1.807, 2.05) is 0 Å². The molecule has 2 aliphatic rings. The molecule has 2 aliphatic heterocycles. The molecular formula is C16H21N3O3S. The fourth-order valence-corrected chi connectivity index (χ4v) is 3.55. The van der Waals surface area contributed by atoms with Crippen LogP contribution < -0.4 is 16.0 Å². The van der Waals surface area contributed by atoms with E-state index in [4.69, 9.17) is 4.74 Å². The van der Waals surface area contributed by atoms with Crippen molar-refractivity contribution < 1.29 is 14.3 Å². The highest BCUT2D eigenvalue weighted by molar-refractivity contribution is 7.99. The number of anilines is 1. The zero-order valence-electron chi connectivity index (χ0n) is 12.8. The molecule has 2 saturated heterocycles. The summed E-state index contributed by atoms with van der Waals surface area (Å²) in [7, 11) is 0. The number of nitrogens with one attached hydrogen (secondary N) is 3. The monoisotopic (exact) mass is 335 g/mol. The number of thioether (sulfide) groups is 1. The van der Waals surface area contributed by atoms with Crippen LogP contribution in [0.15, 0.2) is 24.3 Å². The molecule has 3 rings (SSSR count). The minimum Gasteiger partial charge on any atom is -0.381 e. The largest absolute Gasteiger partial charge is 0.381 e. The summed E-state index contributed by atoms with van der Waals surface area (Å²) in [4.78, 5) is 24.2. The van der Waals surface area contributed by atoms with Crippen molar-refractivity contribution in [1.29, 1.82) is 0 Å². The van der Waals surface area contributed by atoms with E-state index < -0.39 is 0 Å². The summed E-state index contributed by atoms with van der Waals surface area (Å²) >= 11 is 1.71. The summed E-state index contributed by atoms with van der Waals surface area (Å²) in [6.45, 7) is 1.40. The molecule has 3 N–H and O–H groups in total. The highest BCUT2D eigenvalue weighted by Gasteiger charge is 2.22. The molecule has 2 fully saturated rings. The van der Waals surface area contributed by atoms with Gasteiger partial charge in [0.1, 0.15) is 0 Å². The van der Waals surface area contributed by atoms with Crippen molar-refractivity contribution in [3.63, 3.8) is 0 Å². The Labute approximate surface area is 139 Å². The number of carbonyl (C=O) groups is 2. The maximum atomic E-state index is 12.2. The Kier molecular flexibility index (Phi) is 5.53. The molecule has 2 heterocycles. The summed E-state index contributed by atoms with van der Waals surface area (Å²) in [5.41, 5.74) is 1.31. The van der Waals surface area contributed by atoms with Gasteiger partial charge >= 0.3 is 0 Å². The molecule has 1 aromatic rings. The van der Waals surface area contributed by atoms with Gasteiger partial charge in [-0.25, -0.2) is 0 Å². The molecule has 1 unspecified atom stereocenters. The number of rotatable bonds is 4. The first-order valence-electron chi connectivity index (χ1n) is 7.83. The number of hydrogen-bond acceptors (Lipinski definition) is 5. The second kappa shape index (κ2) is 7.81. The Morgan fingerprint density at radius 1 is 1.17 bits per heavy atom. The Morgan fingerprint density at radius 2 is 1.91 bits per heavy atom. The maximum absolute atomic E-state index is 12.2. The van der Waals surface area contributed by atoms with Crippen molar-refractivity contribution >= 4 is 29.3 Å². The van der Waals surface area contributed by atoms with E-state index in [-0.39, 0.29) is 23.9 Å². The predicted octanol–water partition coefficient (Wildman–Crippen LogP) is 1.20. The highest BCUT2D eigenvalue weighted by Crippen LogP contribution is 2.14. The summed E-state index contributed by atoms with van der Waals surface area (Å²) in [6, 6.07) is 7.04. The number of benzene rings is 1. The third kappa shape index (κ3) is 4.46. The third-order valence-corrected chi connectivity index (χ3v) is 4.94. The van der Waals surface area contributed by atoms with Crippen LogP contribution in [-0.4, -0.2) is 48.7 Å². The Balaban J connectivity index is 1.53. The highest BCUT2D eigenvalue weighted by atomic mass is 32.2. The van der Waals surface area contributed by atoms with Gasteiger partial charge < -0.3 is 15.4 Å². The van der Waals surface area contributed by atoms with Gasteiger partial charge in [-0.2, -0.15) is 0 Å². The number of carbonyl (C=O) groups excluding carboxylic acids is 2. The van der Waals surface area contributed by atoms with Crippen LogP contribution in [0.5, 0.6) is 0 Å². The van der Waals surface area contributed by atoms with Crippen LogP contribution >= 0.6 is 11.8 Å². The van der Waals surface area contributed by atoms with Crippen LogP contribution in [0, 0.1) is 0 Å². The lowest BCUT2D eigenvalue weighted by Gasteiger charge is -2.23. The third-order valence-electron chi connectivity index (χ3n) is 4.00. The van der Waals surface area contributed by atoms with Gasteiger partial charge in [-0.15, -0.1) is 11.8 Å². The lowest BCUT2D eigenvalue weighted by Crippen LogP contribution is -2.39. The van der Waals surface area contributed by atoms with Crippen molar-refractivity contribution in [3.05, 3.63) is 29.8 Å². The molecule has 0 spiro atoms. The summed E-state index contributed by atoms with van der Waals surface area (Å²) < 4.78 is 5.28. The Hall–Kier alpha value is -1.57. The first kappa shape index (κ1) is 16.3. The average molecular weight is 335 g/mol. The van der Waals surface area contributed by atoms with Crippen molar-refractivity contribution in [2.45, 2.75) is 24.9 Å². The van der Waals surface area contributed by atoms with Gasteiger partial charge in [0.25, 0.3) is 5.91 Å². The molecule has 7 heteroatoms. The van der Waals surface area contributed by atoms with E-state index in [9.17, 15) is 9.59 Å². The second-order valence-electron chi connectivity index (χ2n) is 5.70. The van der Waals surface area contributed by atoms with E-state index in [1.54, 1.807) is 36.0 Å². The minimum atomic E-state index is -0.142. The zero-order valence-corrected chi connectivity index (χ0v) is 13.7. The van der Waals surface area contributed by atoms with Gasteiger partial charge in [-0.05, 0) is 37.1 Å². The lowest BCUT2D eigenvalue weighted by atomic mass is 10.1. The predicted molar refractivity (Wildman–Crippen MR) is 90.6 cm³/mol. The molecular weight excluding hydrogens is 314 g/mol. The smallest absolute Gasteiger partial charge is 0.251 e. The molecule has 2 amide bonds. The molecule has 0 saturated carbocycles. The molecule has 124 valence electrons. The number of hydrogen-bond donors (Lipinski definition) is 3. The van der Waals surface area contributed by atoms with Gasteiger partial charge in [-0.1, -0.05) is 0 Å². The van der Waals surface area contributed by atoms with Crippen LogP contribution in [0.3, 0.4) is 0 Å². The van der Waals surface area contributed by atoms with Gasteiger partial charge in [0.2, 0.25) is 5.91 Å². The van der Waals surface area contributed by atoms with Gasteiger partial charge in [0.05, 0.1) is 6.04 Å². The minimum absolute atomic E-state index is 0.0330. The van der Waals surface area contributed by atoms with E-state index in [1.165, 1.54) is 0 Å². The first-order valence-corrected chi connectivity index (χ1v) is 8.98. The molecule has 6 nitrogen and oxygen atoms in total. The van der Waals surface area contributed by atoms with Gasteiger partial charge in [0, 0.05) is 42.1 Å². The van der Waals surface area contributed by atoms with E-state index in [0.717, 1.165) is 24.5 Å². The molecule has 1 aromatic carbocycles. The SMILES string of the molecule is O=C(NC1CCOCC1)c1ccc(NC(=O)C2CSCN2)cc1. The quantitative estimate of drug-likeness (QED) is 0.770. The Bertz CT molecular complexity index is 552. The van der Waals surface area contributed by atoms with Crippen LogP contribution in [-0.2, 0) is 9.53 Å². The first-order chi connectivity index (χ1) is 11.2. The van der Waals surface area contributed by atoms with Gasteiger partial charge in [-0.3, -0.25) is 14.9 Å². The molecule has 0 aliphatic carbocycles. The van der Waals surface area contributed by atoms with Crippen LogP contribution in [0.1, 0.15) is 23.2 Å². The standard InChI is InChI=1S/C16H21N3O3S/c20-15(18-13-5-7-22-8-6-13)11-1-3-12(4-2-11)19-16(21)14-9-23-10-17-14/h1-4,13-14,17H,5-10H2,(H,18,20)(H,19,21). The van der Waals surface area contributed by atoms with E-state index in [0.29, 0.717) is 24.5 Å². The van der Waals surface area contributed by atoms with Gasteiger partial charge in [0.15, 0.2) is 0 Å². The van der Waals surface area contributed by atoms with Crippen LogP contribution in [0.25, 0.3) is 0 Å².